The number of phenols is 1. The topological polar surface area (TPSA) is 50.9 Å². The Hall–Kier alpha value is -7.91. The first-order chi connectivity index (χ1) is 37.6. The van der Waals surface area contributed by atoms with E-state index in [-0.39, 0.29) is 26.8 Å². The van der Waals surface area contributed by atoms with Gasteiger partial charge in [-0.2, -0.15) is 0 Å². The van der Waals surface area contributed by atoms with Crippen LogP contribution >= 0.6 is 0 Å². The SMILES string of the molecule is Oc1c(-c2ccccc2-c2ccccc2)cccc1-c1nc2c(-c3[c-]c(-c4cc(-c5ccc(C6CCCCC6)cc5)ccn4)cc(-c4ccccc4)c3)cccc2n1-c1ccc(CC2CCCC2)cc1-c1ccccc1.[Pt]. The predicted octanol–water partition coefficient (Wildman–Crippen LogP) is 19.0. The van der Waals surface area contributed by atoms with Crippen molar-refractivity contribution in [2.24, 2.45) is 5.92 Å². The molecule has 11 aromatic rings. The van der Waals surface area contributed by atoms with Gasteiger partial charge in [0, 0.05) is 44.1 Å². The second kappa shape index (κ2) is 22.4. The molecular weight excluding hydrogens is 1120 g/mol. The molecule has 0 aliphatic heterocycles. The Kier molecular flexibility index (Phi) is 14.5. The summed E-state index contributed by atoms with van der Waals surface area (Å²) >= 11 is 0. The summed E-state index contributed by atoms with van der Waals surface area (Å²) in [5.41, 5.74) is 20.4. The summed E-state index contributed by atoms with van der Waals surface area (Å²) in [6.07, 6.45) is 14.7. The van der Waals surface area contributed by atoms with Gasteiger partial charge < -0.3 is 5.11 Å². The molecule has 380 valence electrons. The van der Waals surface area contributed by atoms with Crippen LogP contribution in [-0.4, -0.2) is 19.6 Å². The van der Waals surface area contributed by atoms with E-state index >= 15 is 0 Å². The molecule has 2 fully saturated rings. The Bertz CT molecular complexity index is 3840. The van der Waals surface area contributed by atoms with Crippen molar-refractivity contribution in [3.05, 3.63) is 242 Å². The van der Waals surface area contributed by atoms with Gasteiger partial charge >= 0.3 is 0 Å². The number of aromatic hydroxyl groups is 1. The van der Waals surface area contributed by atoms with Crippen LogP contribution in [0.4, 0.5) is 0 Å². The van der Waals surface area contributed by atoms with E-state index in [1.54, 1.807) is 0 Å². The molecular formula is C72H60N3OPt-. The first kappa shape index (κ1) is 49.9. The quantitative estimate of drug-likeness (QED) is 0.124. The van der Waals surface area contributed by atoms with E-state index in [1.807, 2.05) is 30.5 Å². The Labute approximate surface area is 467 Å². The van der Waals surface area contributed by atoms with E-state index in [0.29, 0.717) is 23.2 Å². The second-order valence-corrected chi connectivity index (χ2v) is 21.1. The minimum absolute atomic E-state index is 0. The molecule has 0 radical (unpaired) electrons. The zero-order chi connectivity index (χ0) is 50.8. The molecule has 4 nitrogen and oxygen atoms in total. The number of hydrogen-bond acceptors (Lipinski definition) is 3. The molecule has 0 spiro atoms. The average molecular weight is 1180 g/mol. The van der Waals surface area contributed by atoms with E-state index in [9.17, 15) is 5.11 Å². The van der Waals surface area contributed by atoms with Gasteiger partial charge in [-0.25, -0.2) is 4.98 Å². The number of phenolic OH excluding ortho intramolecular Hbond substituents is 1. The zero-order valence-corrected chi connectivity index (χ0v) is 45.5. The fourth-order valence-electron chi connectivity index (χ4n) is 12.4. The van der Waals surface area contributed by atoms with Gasteiger partial charge in [-0.15, -0.1) is 23.8 Å². The van der Waals surface area contributed by atoms with E-state index in [1.165, 1.54) is 74.5 Å². The first-order valence-electron chi connectivity index (χ1n) is 27.5. The van der Waals surface area contributed by atoms with Crippen LogP contribution in [0, 0.1) is 12.0 Å². The summed E-state index contributed by atoms with van der Waals surface area (Å²) in [7, 11) is 0. The van der Waals surface area contributed by atoms with Gasteiger partial charge in [0.05, 0.1) is 22.3 Å². The van der Waals surface area contributed by atoms with E-state index < -0.39 is 0 Å². The van der Waals surface area contributed by atoms with Gasteiger partial charge in [-0.05, 0) is 112 Å². The van der Waals surface area contributed by atoms with Crippen molar-refractivity contribution in [3.8, 4) is 101 Å². The second-order valence-electron chi connectivity index (χ2n) is 21.1. The van der Waals surface area contributed by atoms with Crippen molar-refractivity contribution in [2.45, 2.75) is 70.1 Å². The molecule has 2 aromatic heterocycles. The van der Waals surface area contributed by atoms with Crippen molar-refractivity contribution in [3.63, 3.8) is 0 Å². The molecule has 2 aliphatic carbocycles. The van der Waals surface area contributed by atoms with Gasteiger partial charge in [0.15, 0.2) is 0 Å². The smallest absolute Gasteiger partial charge is 0.148 e. The summed E-state index contributed by atoms with van der Waals surface area (Å²) in [5, 5.41) is 12.9. The predicted molar refractivity (Wildman–Crippen MR) is 314 cm³/mol. The minimum atomic E-state index is 0. The van der Waals surface area contributed by atoms with Crippen LogP contribution in [0.25, 0.3) is 106 Å². The first-order valence-corrected chi connectivity index (χ1v) is 27.5. The van der Waals surface area contributed by atoms with Crippen LogP contribution in [0.15, 0.2) is 225 Å². The van der Waals surface area contributed by atoms with Gasteiger partial charge in [0.25, 0.3) is 0 Å². The number of imidazole rings is 1. The molecule has 77 heavy (non-hydrogen) atoms. The monoisotopic (exact) mass is 1180 g/mol. The molecule has 2 saturated carbocycles. The van der Waals surface area contributed by atoms with Crippen molar-refractivity contribution >= 4 is 11.0 Å². The van der Waals surface area contributed by atoms with Crippen LogP contribution in [0.1, 0.15) is 74.8 Å². The van der Waals surface area contributed by atoms with Crippen molar-refractivity contribution in [1.82, 2.24) is 14.5 Å². The third kappa shape index (κ3) is 10.2. The molecule has 0 amide bonds. The standard InChI is InChI=1S/C72H60N3O.Pt/c76-71-64(63-30-16-15-29-61(63)55-25-9-3-10-26-55)32-17-33-65(71)72-74-70-62(31-18-34-69(70)75(72)68-40-35-50(43-49-19-13-14-20-49)44-66(68)56-27-11-4-12-28-56)59-45-58(52-23-7-2-8-24-52)46-60(47-59)67-48-57(41-42-73-67)54-38-36-53(37-39-54)51-21-5-1-6-22-51;/h2-4,7-12,15-18,23-42,44-46,48-49,51,76H,1,5-6,13-14,19-22,43H2;/q-1;. The molecule has 2 heterocycles. The number of aromatic nitrogens is 3. The van der Waals surface area contributed by atoms with Gasteiger partial charge in [-0.1, -0.05) is 238 Å². The number of fused-ring (bicyclic) bond motifs is 1. The Morgan fingerprint density at radius 1 is 0.455 bits per heavy atom. The third-order valence-corrected chi connectivity index (χ3v) is 16.3. The van der Waals surface area contributed by atoms with Gasteiger partial charge in [-0.3, -0.25) is 9.55 Å². The maximum atomic E-state index is 12.9. The van der Waals surface area contributed by atoms with E-state index in [0.717, 1.165) is 95.6 Å². The van der Waals surface area contributed by atoms with Crippen LogP contribution in [0.5, 0.6) is 5.75 Å². The van der Waals surface area contributed by atoms with Crippen molar-refractivity contribution < 1.29 is 26.2 Å². The maximum Gasteiger partial charge on any atom is 0.148 e. The van der Waals surface area contributed by atoms with Crippen LogP contribution in [-0.2, 0) is 27.5 Å². The number of rotatable bonds is 12. The number of hydrogen-bond donors (Lipinski definition) is 1. The Morgan fingerprint density at radius 2 is 1.05 bits per heavy atom. The molecule has 0 unspecified atom stereocenters. The summed E-state index contributed by atoms with van der Waals surface area (Å²) < 4.78 is 2.29. The van der Waals surface area contributed by atoms with E-state index in [2.05, 4.69) is 205 Å². The minimum Gasteiger partial charge on any atom is -0.507 e. The van der Waals surface area contributed by atoms with Crippen LogP contribution < -0.4 is 0 Å². The summed E-state index contributed by atoms with van der Waals surface area (Å²) in [6.45, 7) is 0. The molecule has 2 aliphatic rings. The molecule has 1 N–H and O–H groups in total. The fourth-order valence-corrected chi connectivity index (χ4v) is 12.4. The van der Waals surface area contributed by atoms with Crippen LogP contribution in [0.3, 0.4) is 0 Å². The molecule has 9 aromatic carbocycles. The number of para-hydroxylation sites is 2. The Balaban J connectivity index is 0.00000596. The van der Waals surface area contributed by atoms with E-state index in [4.69, 9.17) is 9.97 Å². The third-order valence-electron chi connectivity index (χ3n) is 16.3. The van der Waals surface area contributed by atoms with Crippen molar-refractivity contribution in [1.29, 1.82) is 0 Å². The maximum absolute atomic E-state index is 12.9. The molecule has 0 saturated heterocycles. The summed E-state index contributed by atoms with van der Waals surface area (Å²) in [4.78, 5) is 10.7. The number of nitrogens with zero attached hydrogens (tertiary/aromatic N) is 3. The molecule has 5 heteroatoms. The molecule has 0 bridgehead atoms. The van der Waals surface area contributed by atoms with Crippen LogP contribution in [0.2, 0.25) is 0 Å². The molecule has 13 rings (SSSR count). The number of benzene rings is 9. The van der Waals surface area contributed by atoms with Crippen molar-refractivity contribution in [2.75, 3.05) is 0 Å². The fraction of sp³-hybridized carbons (Fsp3) is 0.167. The van der Waals surface area contributed by atoms with Gasteiger partial charge in [0.1, 0.15) is 11.6 Å². The summed E-state index contributed by atoms with van der Waals surface area (Å²) in [6, 6.07) is 81.6. The Morgan fingerprint density at radius 3 is 1.79 bits per heavy atom. The van der Waals surface area contributed by atoms with Gasteiger partial charge in [0.2, 0.25) is 0 Å². The molecule has 0 atom stereocenters. The average Bonchev–Trinajstić information content (AvgIpc) is 4.23. The normalized spacial score (nSPS) is 13.9. The summed E-state index contributed by atoms with van der Waals surface area (Å²) in [5.74, 6) is 2.19. The number of pyridine rings is 1. The largest absolute Gasteiger partial charge is 0.507 e. The zero-order valence-electron chi connectivity index (χ0n) is 43.2.